The van der Waals surface area contributed by atoms with Crippen molar-refractivity contribution in [3.8, 4) is 22.6 Å². The molecule has 0 amide bonds. The number of nitrogens with zero attached hydrogens (tertiary/aromatic N) is 5. The van der Waals surface area contributed by atoms with Crippen LogP contribution in [0, 0.1) is 12.3 Å². The van der Waals surface area contributed by atoms with E-state index in [0.29, 0.717) is 17.8 Å². The number of hydrogen-bond donors (Lipinski definition) is 3. The smallest absolute Gasteiger partial charge is 0.163 e. The number of hydrogen-bond acceptors (Lipinski definition) is 7. The Morgan fingerprint density at radius 1 is 1.00 bits per heavy atom. The molecule has 0 bridgehead atoms. The number of pyridine rings is 3. The molecule has 1 aliphatic carbocycles. The van der Waals surface area contributed by atoms with Crippen LogP contribution in [0.15, 0.2) is 49.2 Å². The van der Waals surface area contributed by atoms with E-state index in [0.717, 1.165) is 69.6 Å². The fourth-order valence-corrected chi connectivity index (χ4v) is 5.72. The second-order valence-corrected chi connectivity index (χ2v) is 11.5. The topological polar surface area (TPSA) is 104 Å². The van der Waals surface area contributed by atoms with E-state index in [1.165, 1.54) is 18.4 Å². The first-order valence-electron chi connectivity index (χ1n) is 13.5. The van der Waals surface area contributed by atoms with Crippen LogP contribution in [-0.2, 0) is 0 Å². The van der Waals surface area contributed by atoms with Gasteiger partial charge in [-0.2, -0.15) is 0 Å². The Morgan fingerprint density at radius 2 is 1.87 bits per heavy atom. The Morgan fingerprint density at radius 3 is 2.68 bits per heavy atom. The van der Waals surface area contributed by atoms with Crippen molar-refractivity contribution in [1.82, 2.24) is 35.2 Å². The van der Waals surface area contributed by atoms with Crippen LogP contribution < -0.4 is 10.6 Å². The summed E-state index contributed by atoms with van der Waals surface area (Å²) in [6.07, 6.45) is 12.9. The minimum Gasteiger partial charge on any atom is -0.366 e. The van der Waals surface area contributed by atoms with E-state index >= 15 is 0 Å². The first kappa shape index (κ1) is 23.2. The van der Waals surface area contributed by atoms with Gasteiger partial charge < -0.3 is 15.6 Å². The van der Waals surface area contributed by atoms with E-state index in [2.05, 4.69) is 56.5 Å². The lowest BCUT2D eigenvalue weighted by Gasteiger charge is -2.40. The summed E-state index contributed by atoms with van der Waals surface area (Å²) < 4.78 is 0. The van der Waals surface area contributed by atoms with Crippen molar-refractivity contribution >= 4 is 27.8 Å². The van der Waals surface area contributed by atoms with Gasteiger partial charge in [-0.1, -0.05) is 13.8 Å². The lowest BCUT2D eigenvalue weighted by atomic mass is 9.80. The first-order valence-corrected chi connectivity index (χ1v) is 13.5. The van der Waals surface area contributed by atoms with Gasteiger partial charge in [0.05, 0.1) is 11.7 Å². The van der Waals surface area contributed by atoms with Gasteiger partial charge in [-0.15, -0.1) is 0 Å². The molecule has 38 heavy (non-hydrogen) atoms. The molecule has 2 fully saturated rings. The molecule has 2 aliphatic rings. The zero-order valence-electron chi connectivity index (χ0n) is 22.0. The second-order valence-electron chi connectivity index (χ2n) is 11.5. The van der Waals surface area contributed by atoms with Crippen LogP contribution in [-0.4, -0.2) is 49.0 Å². The van der Waals surface area contributed by atoms with Crippen LogP contribution in [0.1, 0.15) is 50.2 Å². The number of aromatic nitrogens is 6. The molecule has 0 aromatic carbocycles. The molecule has 0 unspecified atom stereocenters. The largest absolute Gasteiger partial charge is 0.366 e. The summed E-state index contributed by atoms with van der Waals surface area (Å²) in [6.45, 7) is 8.66. The normalized spacial score (nSPS) is 19.2. The quantitative estimate of drug-likeness (QED) is 0.285. The lowest BCUT2D eigenvalue weighted by molar-refractivity contribution is 0.236. The van der Waals surface area contributed by atoms with Gasteiger partial charge in [0.1, 0.15) is 11.5 Å². The molecule has 1 aliphatic heterocycles. The molecule has 1 atom stereocenters. The molecule has 0 radical (unpaired) electrons. The minimum absolute atomic E-state index is 0.101. The summed E-state index contributed by atoms with van der Waals surface area (Å²) in [5.41, 5.74) is 7.13. The summed E-state index contributed by atoms with van der Waals surface area (Å²) >= 11 is 0. The number of nitrogens with one attached hydrogen (secondary N) is 3. The maximum Gasteiger partial charge on any atom is 0.163 e. The van der Waals surface area contributed by atoms with Gasteiger partial charge in [0, 0.05) is 65.0 Å². The standard InChI is InChI=1S/C30H32N8/c1-17-10-19(13-32-12-17)23-11-21-20(6-9-34-27(21)35-23)28-36-24-15-33-14-22(18-4-5-18)26(24)29(38-28)37-25-7-8-31-16-30(25,2)3/h6,9-15,18,25,31H,4-5,7-8,16H2,1-3H3,(H,34,35)(H,36,37,38)/t25-/m0/s1. The monoisotopic (exact) mass is 504 g/mol. The van der Waals surface area contributed by atoms with Crippen LogP contribution in [0.5, 0.6) is 0 Å². The predicted molar refractivity (Wildman–Crippen MR) is 151 cm³/mol. The molecular formula is C30H32N8. The highest BCUT2D eigenvalue weighted by atomic mass is 15.1. The molecule has 5 aromatic rings. The van der Waals surface area contributed by atoms with Crippen molar-refractivity contribution in [2.75, 3.05) is 18.4 Å². The second kappa shape index (κ2) is 8.84. The molecule has 7 rings (SSSR count). The highest BCUT2D eigenvalue weighted by Crippen LogP contribution is 2.45. The Labute approximate surface area is 221 Å². The molecule has 8 nitrogen and oxygen atoms in total. The average molecular weight is 505 g/mol. The summed E-state index contributed by atoms with van der Waals surface area (Å²) in [5.74, 6) is 2.14. The highest BCUT2D eigenvalue weighted by Gasteiger charge is 2.34. The van der Waals surface area contributed by atoms with E-state index < -0.39 is 0 Å². The van der Waals surface area contributed by atoms with E-state index in [9.17, 15) is 0 Å². The summed E-state index contributed by atoms with van der Waals surface area (Å²) in [4.78, 5) is 27.3. The summed E-state index contributed by atoms with van der Waals surface area (Å²) in [7, 11) is 0. The molecule has 1 saturated carbocycles. The Kier molecular flexibility index (Phi) is 5.40. The van der Waals surface area contributed by atoms with E-state index in [1.807, 2.05) is 44.0 Å². The maximum absolute atomic E-state index is 5.22. The van der Waals surface area contributed by atoms with E-state index in [1.54, 1.807) is 0 Å². The molecule has 6 heterocycles. The van der Waals surface area contributed by atoms with Gasteiger partial charge in [0.15, 0.2) is 5.82 Å². The van der Waals surface area contributed by atoms with Gasteiger partial charge in [-0.3, -0.25) is 9.97 Å². The van der Waals surface area contributed by atoms with Crippen LogP contribution in [0.3, 0.4) is 0 Å². The third-order valence-corrected chi connectivity index (χ3v) is 8.06. The van der Waals surface area contributed by atoms with Gasteiger partial charge in [-0.05, 0) is 73.4 Å². The number of H-pyrrole nitrogens is 1. The fourth-order valence-electron chi connectivity index (χ4n) is 5.72. The Balaban J connectivity index is 1.39. The van der Waals surface area contributed by atoms with Crippen LogP contribution in [0.2, 0.25) is 0 Å². The zero-order chi connectivity index (χ0) is 25.9. The number of piperidine rings is 1. The van der Waals surface area contributed by atoms with Crippen molar-refractivity contribution < 1.29 is 0 Å². The first-order chi connectivity index (χ1) is 18.5. The SMILES string of the molecule is Cc1cncc(-c2cc3c(-c4nc(N[C@H]5CCNCC5(C)C)c5c(C6CC6)cncc5n4)ccnc3[nH]2)c1. The predicted octanol–water partition coefficient (Wildman–Crippen LogP) is 5.62. The minimum atomic E-state index is 0.101. The number of aromatic amines is 1. The number of fused-ring (bicyclic) bond motifs is 2. The molecular weight excluding hydrogens is 472 g/mol. The molecule has 0 spiro atoms. The number of rotatable bonds is 5. The summed E-state index contributed by atoms with van der Waals surface area (Å²) in [6, 6.07) is 6.56. The summed E-state index contributed by atoms with van der Waals surface area (Å²) in [5, 5.41) is 9.53. The fraction of sp³-hybridized carbons (Fsp3) is 0.367. The lowest BCUT2D eigenvalue weighted by Crippen LogP contribution is -2.49. The van der Waals surface area contributed by atoms with Crippen molar-refractivity contribution in [2.24, 2.45) is 5.41 Å². The number of aryl methyl sites for hydroxylation is 1. The molecule has 192 valence electrons. The third-order valence-electron chi connectivity index (χ3n) is 8.06. The average Bonchev–Trinajstić information content (AvgIpc) is 3.66. The van der Waals surface area contributed by atoms with Crippen LogP contribution in [0.4, 0.5) is 5.82 Å². The Hall–Kier alpha value is -3.91. The van der Waals surface area contributed by atoms with Crippen LogP contribution >= 0.6 is 0 Å². The van der Waals surface area contributed by atoms with Crippen molar-refractivity contribution in [3.05, 3.63) is 60.3 Å². The maximum atomic E-state index is 5.22. The third kappa shape index (κ3) is 4.09. The Bertz CT molecular complexity index is 1670. The van der Waals surface area contributed by atoms with Crippen molar-refractivity contribution in [1.29, 1.82) is 0 Å². The van der Waals surface area contributed by atoms with Crippen molar-refractivity contribution in [2.45, 2.75) is 52.0 Å². The molecule has 3 N–H and O–H groups in total. The highest BCUT2D eigenvalue weighted by molar-refractivity contribution is 5.98. The zero-order valence-corrected chi connectivity index (χ0v) is 22.0. The van der Waals surface area contributed by atoms with Crippen molar-refractivity contribution in [3.63, 3.8) is 0 Å². The molecule has 1 saturated heterocycles. The van der Waals surface area contributed by atoms with Crippen LogP contribution in [0.25, 0.3) is 44.6 Å². The van der Waals surface area contributed by atoms with Gasteiger partial charge in [0.2, 0.25) is 0 Å². The van der Waals surface area contributed by atoms with E-state index in [-0.39, 0.29) is 5.41 Å². The van der Waals surface area contributed by atoms with Gasteiger partial charge in [-0.25, -0.2) is 15.0 Å². The van der Waals surface area contributed by atoms with Gasteiger partial charge in [0.25, 0.3) is 0 Å². The number of anilines is 1. The molecule has 5 aromatic heterocycles. The van der Waals surface area contributed by atoms with E-state index in [4.69, 9.17) is 9.97 Å². The van der Waals surface area contributed by atoms with Gasteiger partial charge >= 0.3 is 0 Å². The molecule has 8 heteroatoms.